The monoisotopic (exact) mass is 197 g/mol. The van der Waals surface area contributed by atoms with Crippen molar-refractivity contribution < 1.29 is 0 Å². The van der Waals surface area contributed by atoms with Crippen molar-refractivity contribution in [2.75, 3.05) is 0 Å². The van der Waals surface area contributed by atoms with Gasteiger partial charge in [-0.3, -0.25) is 0 Å². The average Bonchev–Trinajstić information content (AvgIpc) is 2.77. The first kappa shape index (κ1) is 8.78. The molecule has 0 aliphatic carbocycles. The highest BCUT2D eigenvalue weighted by atomic mass is 15.4. The summed E-state index contributed by atoms with van der Waals surface area (Å²) in [5, 5.41) is 21.1. The molecule has 0 unspecified atom stereocenters. The van der Waals surface area contributed by atoms with Gasteiger partial charge in [0.25, 0.3) is 5.82 Å². The number of hydrogen-bond donors (Lipinski definition) is 0. The quantitative estimate of drug-likeness (QED) is 0.626. The molecule has 0 bridgehead atoms. The van der Waals surface area contributed by atoms with E-state index in [1.165, 1.54) is 23.4 Å². The van der Waals surface area contributed by atoms with E-state index in [1.807, 2.05) is 6.07 Å². The lowest BCUT2D eigenvalue weighted by molar-refractivity contribution is 0.826. The van der Waals surface area contributed by atoms with Gasteiger partial charge >= 0.3 is 0 Å². The Bertz CT molecular complexity index is 571. The summed E-state index contributed by atoms with van der Waals surface area (Å²) in [5.74, 6) is 0.276. The van der Waals surface area contributed by atoms with Crippen LogP contribution in [0.1, 0.15) is 11.5 Å². The summed E-state index contributed by atoms with van der Waals surface area (Å²) in [6, 6.07) is 3.66. The Morgan fingerprint density at radius 2 is 1.87 bits per heavy atom. The van der Waals surface area contributed by atoms with Crippen LogP contribution in [-0.2, 0) is 0 Å². The Hall–Kier alpha value is -2.80. The highest BCUT2D eigenvalue weighted by Gasteiger charge is 2.08. The zero-order valence-corrected chi connectivity index (χ0v) is 7.36. The lowest BCUT2D eigenvalue weighted by Crippen LogP contribution is -2.03. The minimum Gasteiger partial charge on any atom is -0.240 e. The molecule has 0 aromatic carbocycles. The SMILES string of the molecule is N#Cc1ncn(-c2nccnc2C#N)n1. The minimum absolute atomic E-state index is 0.0181. The fourth-order valence-corrected chi connectivity index (χ4v) is 0.994. The molecule has 0 saturated carbocycles. The van der Waals surface area contributed by atoms with Gasteiger partial charge in [-0.25, -0.2) is 15.0 Å². The second-order valence-electron chi connectivity index (χ2n) is 2.46. The van der Waals surface area contributed by atoms with Crippen LogP contribution in [-0.4, -0.2) is 24.7 Å². The first-order chi connectivity index (χ1) is 7.35. The van der Waals surface area contributed by atoms with Crippen molar-refractivity contribution in [3.05, 3.63) is 30.2 Å². The second-order valence-corrected chi connectivity index (χ2v) is 2.46. The van der Waals surface area contributed by atoms with Crippen LogP contribution in [0.25, 0.3) is 5.82 Å². The van der Waals surface area contributed by atoms with Crippen molar-refractivity contribution in [3.63, 3.8) is 0 Å². The van der Waals surface area contributed by atoms with Gasteiger partial charge in [-0.1, -0.05) is 0 Å². The van der Waals surface area contributed by atoms with Crippen LogP contribution >= 0.6 is 0 Å². The molecular weight excluding hydrogens is 194 g/mol. The van der Waals surface area contributed by atoms with E-state index >= 15 is 0 Å². The number of hydrogen-bond acceptors (Lipinski definition) is 6. The maximum Gasteiger partial charge on any atom is 0.252 e. The summed E-state index contributed by atoms with van der Waals surface area (Å²) in [5.41, 5.74) is 0.131. The van der Waals surface area contributed by atoms with Crippen LogP contribution in [0.4, 0.5) is 0 Å². The largest absolute Gasteiger partial charge is 0.252 e. The van der Waals surface area contributed by atoms with Crippen LogP contribution in [0, 0.1) is 22.7 Å². The number of nitrogens with zero attached hydrogens (tertiary/aromatic N) is 7. The van der Waals surface area contributed by atoms with Crippen LogP contribution in [0.2, 0.25) is 0 Å². The number of aromatic nitrogens is 5. The van der Waals surface area contributed by atoms with Crippen LogP contribution in [0.5, 0.6) is 0 Å². The zero-order chi connectivity index (χ0) is 10.7. The Kier molecular flexibility index (Phi) is 2.06. The molecule has 2 rings (SSSR count). The van der Waals surface area contributed by atoms with E-state index in [4.69, 9.17) is 10.5 Å². The van der Waals surface area contributed by atoms with Crippen molar-refractivity contribution in [3.8, 4) is 18.0 Å². The van der Waals surface area contributed by atoms with Crippen LogP contribution in [0.15, 0.2) is 18.7 Å². The van der Waals surface area contributed by atoms with Gasteiger partial charge in [0, 0.05) is 12.4 Å². The second kappa shape index (κ2) is 3.52. The average molecular weight is 197 g/mol. The fourth-order valence-electron chi connectivity index (χ4n) is 0.994. The predicted octanol–water partition coefficient (Wildman–Crippen LogP) is -0.199. The van der Waals surface area contributed by atoms with Crippen molar-refractivity contribution >= 4 is 0 Å². The van der Waals surface area contributed by atoms with Crippen molar-refractivity contribution in [1.82, 2.24) is 24.7 Å². The van der Waals surface area contributed by atoms with E-state index in [0.29, 0.717) is 0 Å². The van der Waals surface area contributed by atoms with E-state index in [0.717, 1.165) is 0 Å². The van der Waals surface area contributed by atoms with Gasteiger partial charge in [-0.2, -0.15) is 15.2 Å². The third-order valence-corrected chi connectivity index (χ3v) is 1.59. The maximum atomic E-state index is 8.76. The normalized spacial score (nSPS) is 9.20. The molecule has 0 saturated heterocycles. The van der Waals surface area contributed by atoms with E-state index in [9.17, 15) is 0 Å². The lowest BCUT2D eigenvalue weighted by Gasteiger charge is -1.98. The van der Waals surface area contributed by atoms with Crippen LogP contribution < -0.4 is 0 Å². The molecule has 2 aromatic rings. The number of rotatable bonds is 1. The zero-order valence-electron chi connectivity index (χ0n) is 7.36. The standard InChI is InChI=1S/C8H3N7/c9-3-6-8(12-2-1-11-6)15-5-13-7(4-10)14-15/h1-2,5H. The van der Waals surface area contributed by atoms with E-state index in [-0.39, 0.29) is 17.3 Å². The molecule has 0 N–H and O–H groups in total. The smallest absolute Gasteiger partial charge is 0.240 e. The summed E-state index contributed by atoms with van der Waals surface area (Å²) in [4.78, 5) is 11.4. The maximum absolute atomic E-state index is 8.76. The summed E-state index contributed by atoms with van der Waals surface area (Å²) >= 11 is 0. The first-order valence-electron chi connectivity index (χ1n) is 3.88. The molecule has 0 atom stereocenters. The van der Waals surface area contributed by atoms with Gasteiger partial charge in [0.2, 0.25) is 0 Å². The molecule has 7 nitrogen and oxygen atoms in total. The molecule has 70 valence electrons. The topological polar surface area (TPSA) is 104 Å². The van der Waals surface area contributed by atoms with Gasteiger partial charge in [0.05, 0.1) is 0 Å². The van der Waals surface area contributed by atoms with Crippen molar-refractivity contribution in [1.29, 1.82) is 10.5 Å². The molecule has 0 aliphatic heterocycles. The summed E-state index contributed by atoms with van der Waals surface area (Å²) in [7, 11) is 0. The summed E-state index contributed by atoms with van der Waals surface area (Å²) < 4.78 is 1.24. The molecule has 0 amide bonds. The van der Waals surface area contributed by atoms with Gasteiger partial charge in [0.15, 0.2) is 11.5 Å². The van der Waals surface area contributed by atoms with Crippen molar-refractivity contribution in [2.24, 2.45) is 0 Å². The Morgan fingerprint density at radius 1 is 1.07 bits per heavy atom. The molecule has 0 aliphatic rings. The third-order valence-electron chi connectivity index (χ3n) is 1.59. The van der Waals surface area contributed by atoms with Crippen LogP contribution in [0.3, 0.4) is 0 Å². The molecule has 2 aromatic heterocycles. The van der Waals surface area contributed by atoms with Gasteiger partial charge in [-0.15, -0.1) is 5.10 Å². The van der Waals surface area contributed by atoms with Gasteiger partial charge in [0.1, 0.15) is 18.5 Å². The number of nitriles is 2. The minimum atomic E-state index is 0.0181. The predicted molar refractivity (Wildman–Crippen MR) is 46.4 cm³/mol. The van der Waals surface area contributed by atoms with E-state index in [2.05, 4.69) is 20.1 Å². The molecule has 15 heavy (non-hydrogen) atoms. The van der Waals surface area contributed by atoms with Gasteiger partial charge in [-0.05, 0) is 0 Å². The molecular formula is C8H3N7. The van der Waals surface area contributed by atoms with Crippen molar-refractivity contribution in [2.45, 2.75) is 0 Å². The molecule has 0 spiro atoms. The molecule has 2 heterocycles. The molecule has 0 fully saturated rings. The Labute approximate surface area is 84.3 Å². The highest BCUT2D eigenvalue weighted by molar-refractivity contribution is 5.36. The summed E-state index contributed by atoms with van der Waals surface area (Å²) in [6.07, 6.45) is 4.15. The first-order valence-corrected chi connectivity index (χ1v) is 3.88. The molecule has 7 heteroatoms. The Morgan fingerprint density at radius 3 is 2.53 bits per heavy atom. The summed E-state index contributed by atoms with van der Waals surface area (Å²) in [6.45, 7) is 0. The van der Waals surface area contributed by atoms with E-state index in [1.54, 1.807) is 6.07 Å². The molecule has 0 radical (unpaired) electrons. The fraction of sp³-hybridized carbons (Fsp3) is 0. The lowest BCUT2D eigenvalue weighted by atomic mass is 10.4. The third kappa shape index (κ3) is 1.49. The van der Waals surface area contributed by atoms with Gasteiger partial charge < -0.3 is 0 Å². The highest BCUT2D eigenvalue weighted by Crippen LogP contribution is 2.05. The van der Waals surface area contributed by atoms with E-state index < -0.39 is 0 Å². The Balaban J connectivity index is 2.55.